The minimum absolute atomic E-state index is 0. The van der Waals surface area contributed by atoms with Crippen LogP contribution in [0.2, 0.25) is 21.1 Å². The SMILES string of the molecule is C[CH2][AlH][CH2]C.C[CH2][AlH][CH2]C.[CH]1[CH][CH][CH][CH]1.[CH]1[CH][CH][CH][CH]1.[CH]1[CH][CH][CH][CH]1.[CH]1[CH][CH][CH][CH]1.[ZrH2].[Zr]. The van der Waals surface area contributed by atoms with Crippen molar-refractivity contribution in [1.82, 2.24) is 0 Å². The molecule has 4 rings (SSSR count). The molecule has 4 aliphatic rings. The maximum atomic E-state index is 2.27. The van der Waals surface area contributed by atoms with Crippen molar-refractivity contribution in [2.24, 2.45) is 0 Å². The Labute approximate surface area is 257 Å². The number of hydrogen-bond donors (Lipinski definition) is 0. The maximum absolute atomic E-state index is 2.27. The summed E-state index contributed by atoms with van der Waals surface area (Å²) in [5.41, 5.74) is 0. The molecule has 0 aromatic heterocycles. The fourth-order valence-electron chi connectivity index (χ4n) is 1.99. The van der Waals surface area contributed by atoms with Crippen LogP contribution in [0.4, 0.5) is 0 Å². The molecule has 0 unspecified atom stereocenters. The van der Waals surface area contributed by atoms with Crippen LogP contribution in [-0.4, -0.2) is 30.4 Å². The predicted octanol–water partition coefficient (Wildman–Crippen LogP) is 6.14. The van der Waals surface area contributed by atoms with Gasteiger partial charge in [0.05, 0.1) is 0 Å². The first-order chi connectivity index (χ1) is 14.8. The molecular weight excluding hydrogens is 573 g/mol. The number of hydrogen-bond acceptors (Lipinski definition) is 0. The van der Waals surface area contributed by atoms with Crippen molar-refractivity contribution in [3.05, 3.63) is 128 Å². The molecule has 0 aliphatic heterocycles. The van der Waals surface area contributed by atoms with Gasteiger partial charge in [0.2, 0.25) is 30.4 Å². The Morgan fingerprint density at radius 1 is 0.312 bits per heavy atom. The van der Waals surface area contributed by atoms with Crippen molar-refractivity contribution in [3.8, 4) is 0 Å². The summed E-state index contributed by atoms with van der Waals surface area (Å²) in [5, 5.41) is 5.93. The zero-order valence-corrected chi connectivity index (χ0v) is 29.8. The third-order valence-electron chi connectivity index (χ3n) is 3.64. The summed E-state index contributed by atoms with van der Waals surface area (Å²) in [5.74, 6) is 0. The van der Waals surface area contributed by atoms with Crippen LogP contribution in [0.5, 0.6) is 0 Å². The molecule has 0 heterocycles. The van der Waals surface area contributed by atoms with E-state index in [4.69, 9.17) is 0 Å². The normalized spacial score (nSPS) is 17.4. The van der Waals surface area contributed by atoms with Crippen LogP contribution >= 0.6 is 0 Å². The first-order valence-corrected chi connectivity index (χ1v) is 15.5. The molecule has 0 amide bonds. The molecule has 0 atom stereocenters. The van der Waals surface area contributed by atoms with E-state index < -0.39 is 0 Å². The quantitative estimate of drug-likeness (QED) is 0.333. The van der Waals surface area contributed by atoms with E-state index in [2.05, 4.69) is 27.7 Å². The first-order valence-electron chi connectivity index (χ1n) is 11.5. The van der Waals surface area contributed by atoms with Crippen LogP contribution in [0, 0.1) is 128 Å². The molecule has 32 heavy (non-hydrogen) atoms. The second-order valence-electron chi connectivity index (χ2n) is 6.56. The van der Waals surface area contributed by atoms with Crippen molar-refractivity contribution in [2.75, 3.05) is 0 Å². The average Bonchev–Trinajstić information content (AvgIpc) is 3.63. The molecule has 4 aliphatic carbocycles. The zero-order chi connectivity index (χ0) is 22.4. The zero-order valence-electron chi connectivity index (χ0n) is 21.0. The third-order valence-corrected chi connectivity index (χ3v) is 6.46. The molecule has 170 valence electrons. The molecule has 0 N–H and O–H groups in total. The van der Waals surface area contributed by atoms with E-state index in [0.29, 0.717) is 30.4 Å². The van der Waals surface area contributed by atoms with E-state index in [9.17, 15) is 0 Å². The van der Waals surface area contributed by atoms with E-state index in [1.165, 1.54) is 21.1 Å². The standard InChI is InChI=1S/4C5H5.4C2H5.2Al.2Zr.4H/c4*1-2-4-5-3-1;4*1-2;;;;;;;;/h4*1-5H;4*1H2,2H3;;;;;;;;. The van der Waals surface area contributed by atoms with Crippen LogP contribution in [0.15, 0.2) is 0 Å². The summed E-state index contributed by atoms with van der Waals surface area (Å²) in [6.45, 7) is 9.09. The van der Waals surface area contributed by atoms with Crippen molar-refractivity contribution in [3.63, 3.8) is 0 Å². The second kappa shape index (κ2) is 43.9. The molecule has 0 saturated heterocycles. The largest absolute Gasteiger partial charge is 0 e. The molecule has 4 fully saturated rings. The summed E-state index contributed by atoms with van der Waals surface area (Å²) >= 11 is 0.864. The third kappa shape index (κ3) is 46.2. The summed E-state index contributed by atoms with van der Waals surface area (Å²) in [6, 6.07) is 0. The van der Waals surface area contributed by atoms with E-state index in [1.54, 1.807) is 0 Å². The van der Waals surface area contributed by atoms with Gasteiger partial charge in [-0.3, -0.25) is 0 Å². The second-order valence-corrected chi connectivity index (χ2v) is 12.0. The molecule has 0 aromatic carbocycles. The van der Waals surface area contributed by atoms with Gasteiger partial charge in [-0.15, -0.1) is 21.1 Å². The Balaban J connectivity index is -0.000000145. The molecule has 20 radical (unpaired) electrons. The van der Waals surface area contributed by atoms with Gasteiger partial charge in [0.25, 0.3) is 0 Å². The summed E-state index contributed by atoms with van der Waals surface area (Å²) in [7, 11) is 0. The molecule has 0 spiro atoms. The topological polar surface area (TPSA) is 0 Å². The smallest absolute Gasteiger partial charge is 0 e. The maximum Gasteiger partial charge on any atom is 0 e. The Morgan fingerprint density at radius 3 is 0.438 bits per heavy atom. The Bertz CT molecular complexity index is 169. The van der Waals surface area contributed by atoms with Gasteiger partial charge in [-0.2, -0.15) is 0 Å². The summed E-state index contributed by atoms with van der Waals surface area (Å²) in [6.07, 6.45) is 40.0. The summed E-state index contributed by atoms with van der Waals surface area (Å²) in [4.78, 5) is 0. The minimum Gasteiger partial charge on any atom is 0 e. The molecule has 0 bridgehead atoms. The molecule has 0 aromatic rings. The van der Waals surface area contributed by atoms with Gasteiger partial charge in [-0.25, -0.2) is 0 Å². The van der Waals surface area contributed by atoms with E-state index in [0.717, 1.165) is 0 Å². The van der Waals surface area contributed by atoms with Crippen molar-refractivity contribution in [2.45, 2.75) is 48.8 Å². The van der Waals surface area contributed by atoms with Gasteiger partial charge < -0.3 is 0 Å². The molecule has 0 nitrogen and oxygen atoms in total. The van der Waals surface area contributed by atoms with E-state index in [-0.39, 0.29) is 52.4 Å². The van der Waals surface area contributed by atoms with Crippen molar-refractivity contribution >= 4 is 30.4 Å². The van der Waals surface area contributed by atoms with Gasteiger partial charge in [0.15, 0.2) is 0 Å². The van der Waals surface area contributed by atoms with E-state index in [1.807, 2.05) is 128 Å². The molecular formula is C28H44Al2Zr2. The molecule has 4 heteroatoms. The van der Waals surface area contributed by atoms with Crippen LogP contribution in [0.1, 0.15) is 27.7 Å². The van der Waals surface area contributed by atoms with Crippen molar-refractivity contribution < 1.29 is 52.4 Å². The van der Waals surface area contributed by atoms with Crippen LogP contribution in [-0.2, 0) is 52.4 Å². The Morgan fingerprint density at radius 2 is 0.406 bits per heavy atom. The molecule has 4 saturated carbocycles. The Kier molecular flexibility index (Phi) is 57.5. The van der Waals surface area contributed by atoms with Gasteiger partial charge in [-0.1, -0.05) is 27.7 Å². The fraction of sp³-hybridized carbons (Fsp3) is 0.286. The predicted molar refractivity (Wildman–Crippen MR) is 145 cm³/mol. The number of rotatable bonds is 4. The van der Waals surface area contributed by atoms with Gasteiger partial charge in [-0.05, 0) is 128 Å². The Hall–Kier alpha value is 2.83. The fourth-order valence-corrected chi connectivity index (χ4v) is 3.40. The van der Waals surface area contributed by atoms with Gasteiger partial charge in [0, 0.05) is 26.2 Å². The van der Waals surface area contributed by atoms with Gasteiger partial charge in [0.1, 0.15) is 0 Å². The van der Waals surface area contributed by atoms with Crippen LogP contribution < -0.4 is 0 Å². The monoisotopic (exact) mass is 614 g/mol. The van der Waals surface area contributed by atoms with E-state index >= 15 is 0 Å². The minimum atomic E-state index is 0. The first kappa shape index (κ1) is 41.9. The average molecular weight is 617 g/mol. The van der Waals surface area contributed by atoms with Gasteiger partial charge >= 0.3 is 26.2 Å². The summed E-state index contributed by atoms with van der Waals surface area (Å²) < 4.78 is 0. The van der Waals surface area contributed by atoms with Crippen LogP contribution in [0.25, 0.3) is 0 Å². The van der Waals surface area contributed by atoms with Crippen molar-refractivity contribution in [1.29, 1.82) is 0 Å². The van der Waals surface area contributed by atoms with Crippen LogP contribution in [0.3, 0.4) is 0 Å².